The van der Waals surface area contributed by atoms with E-state index in [2.05, 4.69) is 36.2 Å². The first kappa shape index (κ1) is 18.8. The first-order valence-electron chi connectivity index (χ1n) is 9.17. The molecule has 28 heavy (non-hydrogen) atoms. The molecular weight excluding hydrogens is 390 g/mol. The summed E-state index contributed by atoms with van der Waals surface area (Å²) in [6.07, 6.45) is 4.54. The van der Waals surface area contributed by atoms with E-state index in [4.69, 9.17) is 16.6 Å². The van der Waals surface area contributed by atoms with Gasteiger partial charge in [0.1, 0.15) is 0 Å². The number of hydrogen-bond acceptors (Lipinski definition) is 3. The van der Waals surface area contributed by atoms with E-state index in [9.17, 15) is 4.21 Å². The van der Waals surface area contributed by atoms with Gasteiger partial charge in [-0.1, -0.05) is 54.4 Å². The molecule has 0 saturated carbocycles. The zero-order chi connectivity index (χ0) is 19.7. The molecule has 0 radical (unpaired) electrons. The summed E-state index contributed by atoms with van der Waals surface area (Å²) >= 11 is 6.48. The average molecular weight is 410 g/mol. The second kappa shape index (κ2) is 7.86. The van der Waals surface area contributed by atoms with E-state index in [0.29, 0.717) is 21.4 Å². The molecule has 0 aliphatic heterocycles. The summed E-state index contributed by atoms with van der Waals surface area (Å²) in [4.78, 5) is 9.82. The van der Waals surface area contributed by atoms with Gasteiger partial charge in [-0.25, -0.2) is 9.97 Å². The highest BCUT2D eigenvalue weighted by Crippen LogP contribution is 2.35. The van der Waals surface area contributed by atoms with Crippen molar-refractivity contribution >= 4 is 28.2 Å². The van der Waals surface area contributed by atoms with Crippen molar-refractivity contribution in [3.63, 3.8) is 0 Å². The Balaban J connectivity index is 1.89. The molecule has 0 amide bonds. The van der Waals surface area contributed by atoms with Crippen molar-refractivity contribution < 1.29 is 4.21 Å². The Hall–Kier alpha value is -2.50. The summed E-state index contributed by atoms with van der Waals surface area (Å²) in [6, 6.07) is 15.9. The molecule has 2 heterocycles. The highest BCUT2D eigenvalue weighted by molar-refractivity contribution is 7.85. The number of rotatable bonds is 5. The number of halogens is 1. The fraction of sp³-hybridized carbons (Fsp3) is 0.182. The van der Waals surface area contributed by atoms with E-state index in [-0.39, 0.29) is 0 Å². The van der Waals surface area contributed by atoms with Gasteiger partial charge in [0.15, 0.2) is 0 Å². The summed E-state index contributed by atoms with van der Waals surface area (Å²) in [6.45, 7) is 4.08. The maximum atomic E-state index is 12.4. The summed E-state index contributed by atoms with van der Waals surface area (Å²) in [5, 5.41) is 0.504. The van der Waals surface area contributed by atoms with Crippen molar-refractivity contribution in [3.05, 3.63) is 71.5 Å². The van der Waals surface area contributed by atoms with Crippen LogP contribution in [-0.4, -0.2) is 24.3 Å². The molecule has 0 saturated heterocycles. The molecule has 4 aromatic rings. The fourth-order valence-electron chi connectivity index (χ4n) is 3.20. The Bertz CT molecular complexity index is 1170. The van der Waals surface area contributed by atoms with E-state index < -0.39 is 10.8 Å². The number of benzene rings is 2. The Kier molecular flexibility index (Phi) is 5.29. The van der Waals surface area contributed by atoms with Gasteiger partial charge in [-0.2, -0.15) is 0 Å². The fourth-order valence-corrected chi connectivity index (χ4v) is 4.73. The van der Waals surface area contributed by atoms with Gasteiger partial charge in [0.2, 0.25) is 5.78 Å². The number of aryl methyl sites for hydroxylation is 1. The van der Waals surface area contributed by atoms with Gasteiger partial charge < -0.3 is 0 Å². The minimum atomic E-state index is -1.09. The standard InChI is InChI=1S/C22H20ClN3OS/c1-3-13-28(27)19-10-9-17(14-18(19)23)20-21(16-7-5-15(2)6-8-16)26-12-4-11-24-22(26)25-20/h4-12,14H,3,13H2,1-2H3. The van der Waals surface area contributed by atoms with E-state index in [1.165, 1.54) is 5.56 Å². The number of fused-ring (bicyclic) bond motifs is 1. The number of nitrogens with zero attached hydrogens (tertiary/aromatic N) is 3. The number of hydrogen-bond donors (Lipinski definition) is 0. The first-order valence-corrected chi connectivity index (χ1v) is 10.9. The Labute approximate surface area is 171 Å². The largest absolute Gasteiger partial charge is 0.283 e. The van der Waals surface area contributed by atoms with Crippen LogP contribution in [0.4, 0.5) is 0 Å². The molecule has 4 nitrogen and oxygen atoms in total. The summed E-state index contributed by atoms with van der Waals surface area (Å²) < 4.78 is 14.4. The van der Waals surface area contributed by atoms with Gasteiger partial charge in [0, 0.05) is 29.3 Å². The van der Waals surface area contributed by atoms with Crippen molar-refractivity contribution in [1.29, 1.82) is 0 Å². The molecular formula is C22H20ClN3OS. The lowest BCUT2D eigenvalue weighted by Crippen LogP contribution is -1.98. The topological polar surface area (TPSA) is 47.3 Å². The van der Waals surface area contributed by atoms with Crippen molar-refractivity contribution in [1.82, 2.24) is 14.4 Å². The van der Waals surface area contributed by atoms with Crippen molar-refractivity contribution in [2.75, 3.05) is 5.75 Å². The highest BCUT2D eigenvalue weighted by atomic mass is 35.5. The van der Waals surface area contributed by atoms with Gasteiger partial charge in [-0.3, -0.25) is 8.61 Å². The van der Waals surface area contributed by atoms with E-state index in [1.54, 1.807) is 6.20 Å². The molecule has 6 heteroatoms. The predicted octanol–water partition coefficient (Wildman–Crippen LogP) is 5.54. The zero-order valence-electron chi connectivity index (χ0n) is 15.7. The first-order chi connectivity index (χ1) is 13.6. The SMILES string of the molecule is CCCS(=O)c1ccc(-c2nc3ncccn3c2-c2ccc(C)cc2)cc1Cl. The molecule has 4 rings (SSSR count). The van der Waals surface area contributed by atoms with Gasteiger partial charge >= 0.3 is 0 Å². The lowest BCUT2D eigenvalue weighted by molar-refractivity contribution is 0.682. The third kappa shape index (κ3) is 3.48. The lowest BCUT2D eigenvalue weighted by Gasteiger charge is -2.08. The monoisotopic (exact) mass is 409 g/mol. The van der Waals surface area contributed by atoms with Crippen LogP contribution in [0.15, 0.2) is 65.8 Å². The zero-order valence-corrected chi connectivity index (χ0v) is 17.3. The Morgan fingerprint density at radius 1 is 1.11 bits per heavy atom. The molecule has 0 fully saturated rings. The summed E-state index contributed by atoms with van der Waals surface area (Å²) in [5.41, 5.74) is 4.89. The Morgan fingerprint density at radius 2 is 1.86 bits per heavy atom. The summed E-state index contributed by atoms with van der Waals surface area (Å²) in [5.74, 6) is 1.23. The molecule has 1 unspecified atom stereocenters. The van der Waals surface area contributed by atoms with Crippen LogP contribution in [0.2, 0.25) is 5.02 Å². The molecule has 0 aliphatic carbocycles. The van der Waals surface area contributed by atoms with Crippen LogP contribution in [0.5, 0.6) is 0 Å². The predicted molar refractivity (Wildman–Crippen MR) is 115 cm³/mol. The van der Waals surface area contributed by atoms with Crippen LogP contribution in [0.1, 0.15) is 18.9 Å². The normalized spacial score (nSPS) is 12.4. The maximum absolute atomic E-state index is 12.4. The summed E-state index contributed by atoms with van der Waals surface area (Å²) in [7, 11) is -1.09. The molecule has 0 spiro atoms. The molecule has 2 aromatic carbocycles. The van der Waals surface area contributed by atoms with Gasteiger partial charge in [-0.15, -0.1) is 0 Å². The van der Waals surface area contributed by atoms with Crippen LogP contribution in [0.25, 0.3) is 28.3 Å². The van der Waals surface area contributed by atoms with Gasteiger partial charge in [0.25, 0.3) is 0 Å². The van der Waals surface area contributed by atoms with E-state index in [1.807, 2.05) is 41.8 Å². The highest BCUT2D eigenvalue weighted by Gasteiger charge is 2.18. The van der Waals surface area contributed by atoms with Crippen LogP contribution in [0.3, 0.4) is 0 Å². The lowest BCUT2D eigenvalue weighted by atomic mass is 10.0. The van der Waals surface area contributed by atoms with Gasteiger partial charge in [0.05, 0.1) is 32.1 Å². The minimum Gasteiger partial charge on any atom is -0.283 e. The molecule has 2 aromatic heterocycles. The van der Waals surface area contributed by atoms with E-state index >= 15 is 0 Å². The van der Waals surface area contributed by atoms with Crippen molar-refractivity contribution in [2.24, 2.45) is 0 Å². The molecule has 0 bridgehead atoms. The van der Waals surface area contributed by atoms with E-state index in [0.717, 1.165) is 28.9 Å². The van der Waals surface area contributed by atoms with Crippen LogP contribution in [-0.2, 0) is 10.8 Å². The van der Waals surface area contributed by atoms with Gasteiger partial charge in [-0.05, 0) is 31.5 Å². The molecule has 0 aliphatic rings. The molecule has 1 atom stereocenters. The van der Waals surface area contributed by atoms with Crippen molar-refractivity contribution in [2.45, 2.75) is 25.2 Å². The second-order valence-corrected chi connectivity index (χ2v) is 8.61. The second-order valence-electron chi connectivity index (χ2n) is 6.66. The quantitative estimate of drug-likeness (QED) is 0.434. The number of imidazole rings is 1. The number of aromatic nitrogens is 3. The third-order valence-electron chi connectivity index (χ3n) is 4.57. The Morgan fingerprint density at radius 3 is 2.57 bits per heavy atom. The minimum absolute atomic E-state index is 0.504. The third-order valence-corrected chi connectivity index (χ3v) is 6.62. The average Bonchev–Trinajstić information content (AvgIpc) is 3.08. The van der Waals surface area contributed by atoms with Crippen molar-refractivity contribution in [3.8, 4) is 22.5 Å². The van der Waals surface area contributed by atoms with Crippen LogP contribution < -0.4 is 0 Å². The smallest absolute Gasteiger partial charge is 0.234 e. The maximum Gasteiger partial charge on any atom is 0.234 e. The van der Waals surface area contributed by atoms with Crippen LogP contribution in [0, 0.1) is 6.92 Å². The molecule has 0 N–H and O–H groups in total. The molecule has 142 valence electrons. The van der Waals surface area contributed by atoms with Crippen LogP contribution >= 0.6 is 11.6 Å².